The molecule has 0 atom stereocenters. The highest BCUT2D eigenvalue weighted by molar-refractivity contribution is 7.17. The molecule has 0 bridgehead atoms. The summed E-state index contributed by atoms with van der Waals surface area (Å²) in [6.45, 7) is 0. The molecule has 15 heavy (non-hydrogen) atoms. The molecule has 5 nitrogen and oxygen atoms in total. The predicted octanol–water partition coefficient (Wildman–Crippen LogP) is 1.95. The second kappa shape index (κ2) is 3.32. The van der Waals surface area contributed by atoms with Crippen LogP contribution in [-0.2, 0) is 0 Å². The maximum atomic E-state index is 5.17. The van der Waals surface area contributed by atoms with Crippen LogP contribution in [0.25, 0.3) is 17.1 Å². The molecule has 0 aromatic carbocycles. The second-order valence-electron chi connectivity index (χ2n) is 2.85. The van der Waals surface area contributed by atoms with Crippen molar-refractivity contribution in [2.45, 2.75) is 0 Å². The molecule has 0 saturated carbocycles. The van der Waals surface area contributed by atoms with Crippen LogP contribution < -0.4 is 0 Å². The van der Waals surface area contributed by atoms with Gasteiger partial charge in [-0.25, -0.2) is 0 Å². The number of aromatic nitrogens is 4. The van der Waals surface area contributed by atoms with Gasteiger partial charge in [-0.3, -0.25) is 0 Å². The molecule has 3 rings (SSSR count). The predicted molar refractivity (Wildman–Crippen MR) is 56.3 cm³/mol. The number of hydrogen-bond acceptors (Lipinski definition) is 5. The lowest BCUT2D eigenvalue weighted by atomic mass is 10.4. The third-order valence-corrected chi connectivity index (χ3v) is 2.71. The smallest absolute Gasteiger partial charge is 0.234 e. The molecule has 3 aromatic heterocycles. The van der Waals surface area contributed by atoms with Gasteiger partial charge >= 0.3 is 0 Å². The highest BCUT2D eigenvalue weighted by Gasteiger charge is 2.01. The third-order valence-electron chi connectivity index (χ3n) is 1.84. The van der Waals surface area contributed by atoms with E-state index >= 15 is 0 Å². The summed E-state index contributed by atoms with van der Waals surface area (Å²) in [5.41, 5.74) is 0. The van der Waals surface area contributed by atoms with Crippen LogP contribution in [0.15, 0.2) is 29.1 Å². The molecule has 0 N–H and O–H groups in total. The van der Waals surface area contributed by atoms with Crippen LogP contribution in [0.1, 0.15) is 10.8 Å². The van der Waals surface area contributed by atoms with Crippen molar-refractivity contribution >= 4 is 28.4 Å². The zero-order valence-corrected chi connectivity index (χ0v) is 8.39. The zero-order valence-electron chi connectivity index (χ0n) is 7.57. The van der Waals surface area contributed by atoms with Gasteiger partial charge < -0.3 is 4.42 Å². The molecule has 3 aromatic rings. The number of nitrogens with zero attached hydrogens (tertiary/aromatic N) is 4. The van der Waals surface area contributed by atoms with Crippen LogP contribution in [0, 0.1) is 0 Å². The van der Waals surface area contributed by atoms with Gasteiger partial charge in [0.2, 0.25) is 4.96 Å². The molecule has 0 spiro atoms. The number of rotatable bonds is 2. The molecule has 0 aliphatic rings. The second-order valence-corrected chi connectivity index (χ2v) is 3.83. The number of fused-ring (bicyclic) bond motifs is 1. The third kappa shape index (κ3) is 1.55. The standard InChI is InChI=1S/C9H6N4OS/c1-2-7(14-5-1)3-4-8-12-13-6-10-11-9(13)15-8/h1-6H/b4-3-. The van der Waals surface area contributed by atoms with Gasteiger partial charge in [0.05, 0.1) is 6.26 Å². The minimum atomic E-state index is 0.786. The molecule has 0 aliphatic carbocycles. The SMILES string of the molecule is C(=C/c1nn2cnnc2s1)/c1ccco1. The van der Waals surface area contributed by atoms with E-state index in [9.17, 15) is 0 Å². The Hall–Kier alpha value is -1.95. The Kier molecular flexibility index (Phi) is 1.85. The number of furan rings is 1. The van der Waals surface area contributed by atoms with Crippen molar-refractivity contribution in [1.29, 1.82) is 0 Å². The lowest BCUT2D eigenvalue weighted by Gasteiger charge is -1.81. The Morgan fingerprint density at radius 2 is 2.40 bits per heavy atom. The molecule has 0 amide bonds. The number of hydrogen-bond donors (Lipinski definition) is 0. The quantitative estimate of drug-likeness (QED) is 0.659. The van der Waals surface area contributed by atoms with E-state index in [-0.39, 0.29) is 0 Å². The summed E-state index contributed by atoms with van der Waals surface area (Å²) in [6, 6.07) is 3.73. The Labute approximate surface area is 88.7 Å². The van der Waals surface area contributed by atoms with Crippen LogP contribution in [0.4, 0.5) is 0 Å². The fraction of sp³-hybridized carbons (Fsp3) is 0. The molecular formula is C9H6N4OS. The van der Waals surface area contributed by atoms with Crippen molar-refractivity contribution in [3.63, 3.8) is 0 Å². The molecule has 0 aliphatic heterocycles. The van der Waals surface area contributed by atoms with Gasteiger partial charge in [-0.2, -0.15) is 9.61 Å². The minimum absolute atomic E-state index is 0.786. The molecule has 74 valence electrons. The van der Waals surface area contributed by atoms with Gasteiger partial charge in [0.15, 0.2) is 0 Å². The van der Waals surface area contributed by atoms with Crippen LogP contribution in [0.3, 0.4) is 0 Å². The normalized spacial score (nSPS) is 11.7. The molecule has 0 fully saturated rings. The van der Waals surface area contributed by atoms with E-state index in [4.69, 9.17) is 4.42 Å². The van der Waals surface area contributed by atoms with E-state index in [0.29, 0.717) is 0 Å². The molecular weight excluding hydrogens is 212 g/mol. The summed E-state index contributed by atoms with van der Waals surface area (Å²) >= 11 is 1.48. The molecule has 0 radical (unpaired) electrons. The fourth-order valence-electron chi connectivity index (χ4n) is 1.18. The van der Waals surface area contributed by atoms with Crippen molar-refractivity contribution in [3.05, 3.63) is 35.5 Å². The maximum absolute atomic E-state index is 5.17. The van der Waals surface area contributed by atoms with E-state index in [1.807, 2.05) is 24.3 Å². The highest BCUT2D eigenvalue weighted by atomic mass is 32.1. The monoisotopic (exact) mass is 218 g/mol. The van der Waals surface area contributed by atoms with Crippen LogP contribution >= 0.6 is 11.3 Å². The summed E-state index contributed by atoms with van der Waals surface area (Å²) in [6.07, 6.45) is 6.97. The van der Waals surface area contributed by atoms with Gasteiger partial charge in [-0.15, -0.1) is 10.2 Å². The Morgan fingerprint density at radius 1 is 1.40 bits per heavy atom. The molecule has 0 unspecified atom stereocenters. The first kappa shape index (κ1) is 8.37. The van der Waals surface area contributed by atoms with Gasteiger partial charge in [-0.1, -0.05) is 11.3 Å². The van der Waals surface area contributed by atoms with E-state index < -0.39 is 0 Å². The van der Waals surface area contributed by atoms with Crippen LogP contribution in [0.2, 0.25) is 0 Å². The molecule has 3 heterocycles. The summed E-state index contributed by atoms with van der Waals surface area (Å²) in [5.74, 6) is 0.806. The average Bonchev–Trinajstić information content (AvgIpc) is 2.91. The topological polar surface area (TPSA) is 56.2 Å². The lowest BCUT2D eigenvalue weighted by molar-refractivity contribution is 0.557. The van der Waals surface area contributed by atoms with Crippen LogP contribution in [0.5, 0.6) is 0 Å². The minimum Gasteiger partial charge on any atom is -0.465 e. The summed E-state index contributed by atoms with van der Waals surface area (Å²) in [4.78, 5) is 0.786. The van der Waals surface area contributed by atoms with E-state index in [1.165, 1.54) is 11.3 Å². The average molecular weight is 218 g/mol. The molecule has 0 saturated heterocycles. The first-order valence-corrected chi connectivity index (χ1v) is 5.12. The highest BCUT2D eigenvalue weighted by Crippen LogP contribution is 2.14. The lowest BCUT2D eigenvalue weighted by Crippen LogP contribution is -1.79. The van der Waals surface area contributed by atoms with E-state index in [2.05, 4.69) is 15.3 Å². The maximum Gasteiger partial charge on any atom is 0.234 e. The summed E-state index contributed by atoms with van der Waals surface area (Å²) in [7, 11) is 0. The van der Waals surface area contributed by atoms with Crippen molar-refractivity contribution in [1.82, 2.24) is 19.8 Å². The van der Waals surface area contributed by atoms with E-state index in [0.717, 1.165) is 15.7 Å². The van der Waals surface area contributed by atoms with Crippen molar-refractivity contribution in [3.8, 4) is 0 Å². The van der Waals surface area contributed by atoms with Crippen molar-refractivity contribution in [2.75, 3.05) is 0 Å². The molecule has 6 heteroatoms. The summed E-state index contributed by atoms with van der Waals surface area (Å²) in [5, 5.41) is 12.8. The Morgan fingerprint density at radius 3 is 3.20 bits per heavy atom. The van der Waals surface area contributed by atoms with E-state index in [1.54, 1.807) is 17.1 Å². The van der Waals surface area contributed by atoms with Gasteiger partial charge in [0, 0.05) is 0 Å². The van der Waals surface area contributed by atoms with Crippen LogP contribution in [-0.4, -0.2) is 19.8 Å². The van der Waals surface area contributed by atoms with Gasteiger partial charge in [0.25, 0.3) is 0 Å². The van der Waals surface area contributed by atoms with Gasteiger partial charge in [0.1, 0.15) is 17.1 Å². The first-order chi connectivity index (χ1) is 7.42. The summed E-state index contributed by atoms with van der Waals surface area (Å²) < 4.78 is 6.81. The van der Waals surface area contributed by atoms with Crippen molar-refractivity contribution in [2.24, 2.45) is 0 Å². The van der Waals surface area contributed by atoms with Crippen molar-refractivity contribution < 1.29 is 4.42 Å². The Balaban J connectivity index is 1.92. The fourth-order valence-corrected chi connectivity index (χ4v) is 1.90. The largest absolute Gasteiger partial charge is 0.465 e. The Bertz CT molecular complexity index is 564. The zero-order chi connectivity index (χ0) is 10.1. The van der Waals surface area contributed by atoms with Gasteiger partial charge in [-0.05, 0) is 24.3 Å². The first-order valence-electron chi connectivity index (χ1n) is 4.30.